The van der Waals surface area contributed by atoms with Crippen LogP contribution < -0.4 is 0 Å². The topological polar surface area (TPSA) is 18.5 Å². The smallest absolute Gasteiger partial charge is 0.158 e. The summed E-state index contributed by atoms with van der Waals surface area (Å²) in [6.07, 6.45) is -0.320. The van der Waals surface area contributed by atoms with Gasteiger partial charge in [-0.25, -0.2) is 0 Å². The van der Waals surface area contributed by atoms with E-state index in [0.717, 1.165) is 0 Å². The van der Waals surface area contributed by atoms with E-state index in [0.29, 0.717) is 6.79 Å². The Bertz CT molecular complexity index is 210. The minimum absolute atomic E-state index is 0.160. The molecule has 0 spiro atoms. The predicted molar refractivity (Wildman–Crippen MR) is 41.5 cm³/mol. The number of rotatable bonds is 0. The molecule has 0 bridgehead atoms. The standard InChI is InChI=1S/C9H10O2/c1-3-5-8-9(6-4-2)11-7-10-8/h8-9H,7H2,1-2H3. The maximum Gasteiger partial charge on any atom is 0.158 e. The Morgan fingerprint density at radius 1 is 1.00 bits per heavy atom. The van der Waals surface area contributed by atoms with Gasteiger partial charge in [0.05, 0.1) is 0 Å². The molecule has 11 heavy (non-hydrogen) atoms. The predicted octanol–water partition coefficient (Wildman–Crippen LogP) is 0.775. The Balaban J connectivity index is 2.60. The maximum absolute atomic E-state index is 5.16. The molecular weight excluding hydrogens is 140 g/mol. The Labute approximate surface area is 66.9 Å². The molecule has 1 rings (SSSR count). The molecule has 0 amide bonds. The lowest BCUT2D eigenvalue weighted by Crippen LogP contribution is -2.18. The summed E-state index contributed by atoms with van der Waals surface area (Å²) in [5.41, 5.74) is 0. The third kappa shape index (κ3) is 1.98. The molecule has 2 heteroatoms. The fraction of sp³-hybridized carbons (Fsp3) is 0.556. The van der Waals surface area contributed by atoms with Gasteiger partial charge in [0.25, 0.3) is 0 Å². The SMILES string of the molecule is CC#CC1OCOC1C#CC. The van der Waals surface area contributed by atoms with E-state index in [1.54, 1.807) is 13.8 Å². The lowest BCUT2D eigenvalue weighted by molar-refractivity contribution is 0.0523. The van der Waals surface area contributed by atoms with Gasteiger partial charge >= 0.3 is 0 Å². The Hall–Kier alpha value is -0.960. The van der Waals surface area contributed by atoms with Gasteiger partial charge in [0.2, 0.25) is 0 Å². The molecule has 0 aromatic carbocycles. The maximum atomic E-state index is 5.16. The van der Waals surface area contributed by atoms with Crippen molar-refractivity contribution in [3.63, 3.8) is 0 Å². The highest BCUT2D eigenvalue weighted by Gasteiger charge is 2.25. The first-order valence-electron chi connectivity index (χ1n) is 3.46. The third-order valence-corrected chi connectivity index (χ3v) is 1.34. The third-order valence-electron chi connectivity index (χ3n) is 1.34. The van der Waals surface area contributed by atoms with Crippen molar-refractivity contribution in [2.75, 3.05) is 6.79 Å². The summed E-state index contributed by atoms with van der Waals surface area (Å²) in [6.45, 7) is 3.86. The van der Waals surface area contributed by atoms with Crippen molar-refractivity contribution < 1.29 is 9.47 Å². The van der Waals surface area contributed by atoms with Gasteiger partial charge in [-0.05, 0) is 13.8 Å². The molecule has 0 saturated carbocycles. The summed E-state index contributed by atoms with van der Waals surface area (Å²) in [5.74, 6) is 11.3. The van der Waals surface area contributed by atoms with Crippen LogP contribution in [0.2, 0.25) is 0 Å². The normalized spacial score (nSPS) is 28.2. The molecule has 2 atom stereocenters. The highest BCUT2D eigenvalue weighted by atomic mass is 16.7. The first-order valence-corrected chi connectivity index (χ1v) is 3.46. The minimum atomic E-state index is -0.160. The molecule has 0 aliphatic carbocycles. The Morgan fingerprint density at radius 2 is 1.45 bits per heavy atom. The quantitative estimate of drug-likeness (QED) is 0.475. The summed E-state index contributed by atoms with van der Waals surface area (Å²) < 4.78 is 10.3. The molecular formula is C9H10O2. The van der Waals surface area contributed by atoms with E-state index >= 15 is 0 Å². The summed E-state index contributed by atoms with van der Waals surface area (Å²) >= 11 is 0. The number of ether oxygens (including phenoxy) is 2. The fourth-order valence-corrected chi connectivity index (χ4v) is 0.880. The van der Waals surface area contributed by atoms with Crippen LogP contribution in [0.15, 0.2) is 0 Å². The second kappa shape index (κ2) is 4.03. The van der Waals surface area contributed by atoms with Crippen molar-refractivity contribution in [1.82, 2.24) is 0 Å². The van der Waals surface area contributed by atoms with E-state index in [9.17, 15) is 0 Å². The lowest BCUT2D eigenvalue weighted by atomic mass is 10.2. The van der Waals surface area contributed by atoms with Crippen LogP contribution in [0.3, 0.4) is 0 Å². The summed E-state index contributed by atoms with van der Waals surface area (Å²) in [7, 11) is 0. The average molecular weight is 150 g/mol. The van der Waals surface area contributed by atoms with Crippen LogP contribution in [0, 0.1) is 23.7 Å². The molecule has 2 unspecified atom stereocenters. The van der Waals surface area contributed by atoms with E-state index in [2.05, 4.69) is 23.7 Å². The first kappa shape index (κ1) is 8.14. The Morgan fingerprint density at radius 3 is 1.82 bits per heavy atom. The van der Waals surface area contributed by atoms with Gasteiger partial charge in [0.1, 0.15) is 6.79 Å². The zero-order chi connectivity index (χ0) is 8.10. The van der Waals surface area contributed by atoms with Crippen molar-refractivity contribution >= 4 is 0 Å². The number of hydrogen-bond donors (Lipinski definition) is 0. The van der Waals surface area contributed by atoms with Crippen LogP contribution >= 0.6 is 0 Å². The summed E-state index contributed by atoms with van der Waals surface area (Å²) in [4.78, 5) is 0. The van der Waals surface area contributed by atoms with Gasteiger partial charge in [-0.2, -0.15) is 0 Å². The largest absolute Gasteiger partial charge is 0.336 e. The van der Waals surface area contributed by atoms with E-state index in [1.165, 1.54) is 0 Å². The van der Waals surface area contributed by atoms with Crippen LogP contribution in [-0.2, 0) is 9.47 Å². The average Bonchev–Trinajstić information content (AvgIpc) is 2.39. The zero-order valence-corrected chi connectivity index (χ0v) is 6.68. The molecule has 1 saturated heterocycles. The van der Waals surface area contributed by atoms with Gasteiger partial charge in [-0.1, -0.05) is 11.8 Å². The van der Waals surface area contributed by atoms with Crippen molar-refractivity contribution in [2.45, 2.75) is 26.1 Å². The van der Waals surface area contributed by atoms with Crippen molar-refractivity contribution in [3.05, 3.63) is 0 Å². The van der Waals surface area contributed by atoms with Gasteiger partial charge < -0.3 is 9.47 Å². The lowest BCUT2D eigenvalue weighted by Gasteiger charge is -2.02. The van der Waals surface area contributed by atoms with Crippen LogP contribution in [0.4, 0.5) is 0 Å². The highest BCUT2D eigenvalue weighted by Crippen LogP contribution is 2.10. The summed E-state index contributed by atoms with van der Waals surface area (Å²) in [5, 5.41) is 0. The van der Waals surface area contributed by atoms with Crippen LogP contribution in [0.5, 0.6) is 0 Å². The van der Waals surface area contributed by atoms with Gasteiger partial charge in [0.15, 0.2) is 12.2 Å². The molecule has 1 heterocycles. The van der Waals surface area contributed by atoms with Crippen molar-refractivity contribution in [1.29, 1.82) is 0 Å². The first-order chi connectivity index (χ1) is 5.38. The van der Waals surface area contributed by atoms with Gasteiger partial charge in [-0.15, -0.1) is 11.8 Å². The second-order valence-electron chi connectivity index (χ2n) is 2.08. The highest BCUT2D eigenvalue weighted by molar-refractivity contribution is 5.16. The molecule has 0 aromatic heterocycles. The zero-order valence-electron chi connectivity index (χ0n) is 6.68. The molecule has 0 radical (unpaired) electrons. The van der Waals surface area contributed by atoms with Gasteiger partial charge in [-0.3, -0.25) is 0 Å². The van der Waals surface area contributed by atoms with E-state index in [4.69, 9.17) is 9.47 Å². The fourth-order valence-electron chi connectivity index (χ4n) is 0.880. The van der Waals surface area contributed by atoms with E-state index in [-0.39, 0.29) is 12.2 Å². The molecule has 0 N–H and O–H groups in total. The van der Waals surface area contributed by atoms with Crippen molar-refractivity contribution in [3.8, 4) is 23.7 Å². The molecule has 1 aliphatic rings. The molecule has 2 nitrogen and oxygen atoms in total. The van der Waals surface area contributed by atoms with E-state index in [1.807, 2.05) is 0 Å². The van der Waals surface area contributed by atoms with E-state index < -0.39 is 0 Å². The molecule has 58 valence electrons. The minimum Gasteiger partial charge on any atom is -0.336 e. The Kier molecular flexibility index (Phi) is 2.98. The molecule has 1 fully saturated rings. The van der Waals surface area contributed by atoms with Crippen molar-refractivity contribution in [2.24, 2.45) is 0 Å². The monoisotopic (exact) mass is 150 g/mol. The molecule has 1 aliphatic heterocycles. The number of hydrogen-bond acceptors (Lipinski definition) is 2. The van der Waals surface area contributed by atoms with Gasteiger partial charge in [0, 0.05) is 0 Å². The summed E-state index contributed by atoms with van der Waals surface area (Å²) in [6, 6.07) is 0. The second-order valence-corrected chi connectivity index (χ2v) is 2.08. The van der Waals surface area contributed by atoms with Crippen LogP contribution in [0.25, 0.3) is 0 Å². The van der Waals surface area contributed by atoms with Crippen LogP contribution in [0.1, 0.15) is 13.8 Å². The molecule has 0 aromatic rings. The van der Waals surface area contributed by atoms with Crippen LogP contribution in [-0.4, -0.2) is 19.0 Å².